The lowest BCUT2D eigenvalue weighted by Gasteiger charge is -2.22. The number of anilines is 1. The Bertz CT molecular complexity index is 397. The second-order valence-electron chi connectivity index (χ2n) is 4.23. The minimum Gasteiger partial charge on any atom is -0.389 e. The molecule has 15 heavy (non-hydrogen) atoms. The molecule has 0 unspecified atom stereocenters. The molecule has 2 N–H and O–H groups in total. The Morgan fingerprint density at radius 2 is 2.13 bits per heavy atom. The molecule has 2 rings (SSSR count). The van der Waals surface area contributed by atoms with Gasteiger partial charge < -0.3 is 10.6 Å². The van der Waals surface area contributed by atoms with Gasteiger partial charge in [0.1, 0.15) is 4.99 Å². The molecule has 3 heteroatoms. The number of rotatable bonds is 3. The zero-order valence-corrected chi connectivity index (χ0v) is 9.97. The largest absolute Gasteiger partial charge is 0.389 e. The lowest BCUT2D eigenvalue weighted by atomic mass is 10.1. The SMILES string of the molecule is Cc1ccc(N(C)C2CC2)c(C(N)=S)c1. The Labute approximate surface area is 96.1 Å². The Morgan fingerprint density at radius 1 is 1.47 bits per heavy atom. The van der Waals surface area contributed by atoms with Crippen LogP contribution in [-0.4, -0.2) is 18.1 Å². The topological polar surface area (TPSA) is 29.3 Å². The van der Waals surface area contributed by atoms with Crippen molar-refractivity contribution < 1.29 is 0 Å². The summed E-state index contributed by atoms with van der Waals surface area (Å²) in [5.41, 5.74) is 9.11. The predicted molar refractivity (Wildman–Crippen MR) is 68.5 cm³/mol. The molecule has 0 spiro atoms. The highest BCUT2D eigenvalue weighted by atomic mass is 32.1. The van der Waals surface area contributed by atoms with E-state index in [-0.39, 0.29) is 0 Å². The van der Waals surface area contributed by atoms with Gasteiger partial charge in [-0.2, -0.15) is 0 Å². The first-order valence-corrected chi connectivity index (χ1v) is 5.63. The van der Waals surface area contributed by atoms with E-state index >= 15 is 0 Å². The Morgan fingerprint density at radius 3 is 2.67 bits per heavy atom. The van der Waals surface area contributed by atoms with Crippen LogP contribution in [0, 0.1) is 6.92 Å². The average molecular weight is 220 g/mol. The highest BCUT2D eigenvalue weighted by Crippen LogP contribution is 2.32. The lowest BCUT2D eigenvalue weighted by Crippen LogP contribution is -2.23. The van der Waals surface area contributed by atoms with Crippen LogP contribution in [-0.2, 0) is 0 Å². The van der Waals surface area contributed by atoms with Gasteiger partial charge in [-0.15, -0.1) is 0 Å². The van der Waals surface area contributed by atoms with E-state index in [2.05, 4.69) is 37.1 Å². The molecular weight excluding hydrogens is 204 g/mol. The van der Waals surface area contributed by atoms with Crippen molar-refractivity contribution in [1.82, 2.24) is 0 Å². The van der Waals surface area contributed by atoms with Gasteiger partial charge in [0, 0.05) is 24.3 Å². The van der Waals surface area contributed by atoms with Crippen LogP contribution < -0.4 is 10.6 Å². The first kappa shape index (κ1) is 10.4. The average Bonchev–Trinajstić information content (AvgIpc) is 2.99. The Hall–Kier alpha value is -1.09. The van der Waals surface area contributed by atoms with Crippen LogP contribution in [0.4, 0.5) is 5.69 Å². The van der Waals surface area contributed by atoms with Crippen LogP contribution in [0.1, 0.15) is 24.0 Å². The molecule has 1 aromatic rings. The van der Waals surface area contributed by atoms with Gasteiger partial charge in [-0.1, -0.05) is 23.8 Å². The fourth-order valence-corrected chi connectivity index (χ4v) is 1.98. The molecule has 0 bridgehead atoms. The smallest absolute Gasteiger partial charge is 0.106 e. The molecule has 1 saturated carbocycles. The molecule has 0 heterocycles. The van der Waals surface area contributed by atoms with Crippen LogP contribution in [0.5, 0.6) is 0 Å². The van der Waals surface area contributed by atoms with Crippen molar-refractivity contribution in [2.45, 2.75) is 25.8 Å². The molecule has 1 fully saturated rings. The van der Waals surface area contributed by atoms with Crippen molar-refractivity contribution in [2.75, 3.05) is 11.9 Å². The van der Waals surface area contributed by atoms with Gasteiger partial charge in [0.15, 0.2) is 0 Å². The standard InChI is InChI=1S/C12H16N2S/c1-8-3-6-11(10(7-8)12(13)15)14(2)9-4-5-9/h3,6-7,9H,4-5H2,1-2H3,(H2,13,15). The summed E-state index contributed by atoms with van der Waals surface area (Å²) in [7, 11) is 2.12. The highest BCUT2D eigenvalue weighted by molar-refractivity contribution is 7.80. The van der Waals surface area contributed by atoms with Gasteiger partial charge in [-0.05, 0) is 31.9 Å². The number of thiocarbonyl (C=S) groups is 1. The fourth-order valence-electron chi connectivity index (χ4n) is 1.81. The number of nitrogens with two attached hydrogens (primary N) is 1. The Balaban J connectivity index is 2.40. The third kappa shape index (κ3) is 2.12. The summed E-state index contributed by atoms with van der Waals surface area (Å²) >= 11 is 5.09. The van der Waals surface area contributed by atoms with Crippen LogP contribution >= 0.6 is 12.2 Å². The van der Waals surface area contributed by atoms with Crippen molar-refractivity contribution in [3.63, 3.8) is 0 Å². The maximum Gasteiger partial charge on any atom is 0.106 e. The summed E-state index contributed by atoms with van der Waals surface area (Å²) in [5, 5.41) is 0. The van der Waals surface area contributed by atoms with E-state index in [1.54, 1.807) is 0 Å². The van der Waals surface area contributed by atoms with Crippen molar-refractivity contribution in [1.29, 1.82) is 0 Å². The summed E-state index contributed by atoms with van der Waals surface area (Å²) in [6.45, 7) is 2.06. The molecule has 0 aliphatic heterocycles. The van der Waals surface area contributed by atoms with E-state index < -0.39 is 0 Å². The van der Waals surface area contributed by atoms with Crippen LogP contribution in [0.15, 0.2) is 18.2 Å². The molecule has 80 valence electrons. The molecule has 0 atom stereocenters. The van der Waals surface area contributed by atoms with E-state index in [0.29, 0.717) is 11.0 Å². The molecule has 0 aromatic heterocycles. The lowest BCUT2D eigenvalue weighted by molar-refractivity contribution is 0.915. The normalized spacial score (nSPS) is 15.1. The molecule has 0 radical (unpaired) electrons. The number of hydrogen-bond acceptors (Lipinski definition) is 2. The third-order valence-corrected chi connectivity index (χ3v) is 3.11. The second-order valence-corrected chi connectivity index (χ2v) is 4.67. The summed E-state index contributed by atoms with van der Waals surface area (Å²) in [6.07, 6.45) is 2.56. The predicted octanol–water partition coefficient (Wildman–Crippen LogP) is 2.23. The molecule has 0 saturated heterocycles. The second kappa shape index (κ2) is 3.81. The van der Waals surface area contributed by atoms with Crippen molar-refractivity contribution >= 4 is 22.9 Å². The maximum atomic E-state index is 5.75. The minimum atomic E-state index is 0.487. The minimum absolute atomic E-state index is 0.487. The first-order valence-electron chi connectivity index (χ1n) is 5.23. The number of aryl methyl sites for hydroxylation is 1. The summed E-state index contributed by atoms with van der Waals surface area (Å²) in [5.74, 6) is 0. The van der Waals surface area contributed by atoms with Gasteiger partial charge in [0.05, 0.1) is 0 Å². The maximum absolute atomic E-state index is 5.75. The molecular formula is C12H16N2S. The quantitative estimate of drug-likeness (QED) is 0.792. The summed E-state index contributed by atoms with van der Waals surface area (Å²) in [6, 6.07) is 6.97. The van der Waals surface area contributed by atoms with Crippen molar-refractivity contribution in [3.8, 4) is 0 Å². The molecule has 1 aliphatic rings. The van der Waals surface area contributed by atoms with Gasteiger partial charge in [-0.3, -0.25) is 0 Å². The molecule has 2 nitrogen and oxygen atoms in total. The van der Waals surface area contributed by atoms with Crippen LogP contribution in [0.25, 0.3) is 0 Å². The van der Waals surface area contributed by atoms with Gasteiger partial charge in [-0.25, -0.2) is 0 Å². The number of nitrogens with zero attached hydrogens (tertiary/aromatic N) is 1. The first-order chi connectivity index (χ1) is 7.09. The van der Waals surface area contributed by atoms with Crippen LogP contribution in [0.3, 0.4) is 0 Å². The zero-order chi connectivity index (χ0) is 11.0. The summed E-state index contributed by atoms with van der Waals surface area (Å²) < 4.78 is 0. The van der Waals surface area contributed by atoms with E-state index in [1.165, 1.54) is 18.4 Å². The number of benzene rings is 1. The highest BCUT2D eigenvalue weighted by Gasteiger charge is 2.27. The van der Waals surface area contributed by atoms with E-state index in [9.17, 15) is 0 Å². The van der Waals surface area contributed by atoms with E-state index in [0.717, 1.165) is 11.3 Å². The fraction of sp³-hybridized carbons (Fsp3) is 0.417. The molecule has 1 aliphatic carbocycles. The van der Waals surface area contributed by atoms with E-state index in [1.807, 2.05) is 0 Å². The molecule has 1 aromatic carbocycles. The van der Waals surface area contributed by atoms with Crippen molar-refractivity contribution in [2.24, 2.45) is 5.73 Å². The zero-order valence-electron chi connectivity index (χ0n) is 9.16. The molecule has 0 amide bonds. The van der Waals surface area contributed by atoms with E-state index in [4.69, 9.17) is 18.0 Å². The van der Waals surface area contributed by atoms with Crippen molar-refractivity contribution in [3.05, 3.63) is 29.3 Å². The summed E-state index contributed by atoms with van der Waals surface area (Å²) in [4.78, 5) is 2.77. The number of hydrogen-bond donors (Lipinski definition) is 1. The van der Waals surface area contributed by atoms with Gasteiger partial charge in [0.2, 0.25) is 0 Å². The van der Waals surface area contributed by atoms with Gasteiger partial charge in [0.25, 0.3) is 0 Å². The third-order valence-electron chi connectivity index (χ3n) is 2.89. The van der Waals surface area contributed by atoms with Crippen LogP contribution in [0.2, 0.25) is 0 Å². The van der Waals surface area contributed by atoms with Gasteiger partial charge >= 0.3 is 0 Å². The monoisotopic (exact) mass is 220 g/mol. The Kier molecular flexibility index (Phi) is 2.65.